The van der Waals surface area contributed by atoms with Gasteiger partial charge >= 0.3 is 0 Å². The number of aliphatic hydroxyl groups is 1. The zero-order chi connectivity index (χ0) is 36.5. The van der Waals surface area contributed by atoms with Crippen molar-refractivity contribution in [3.8, 4) is 22.6 Å². The Bertz CT molecular complexity index is 2280. The van der Waals surface area contributed by atoms with Gasteiger partial charge in [0, 0.05) is 40.0 Å². The topological polar surface area (TPSA) is 161 Å². The minimum absolute atomic E-state index is 0.0202. The lowest BCUT2D eigenvalue weighted by Gasteiger charge is -2.15. The predicted molar refractivity (Wildman–Crippen MR) is 202 cm³/mol. The number of H-pyrrole nitrogens is 1. The van der Waals surface area contributed by atoms with Crippen molar-refractivity contribution in [3.05, 3.63) is 147 Å². The van der Waals surface area contributed by atoms with Crippen molar-refractivity contribution in [2.45, 2.75) is 17.4 Å². The third-order valence-corrected chi connectivity index (χ3v) is 9.46. The number of aromatic nitrogens is 1. The highest BCUT2D eigenvalue weighted by Gasteiger charge is 2.15. The molecule has 13 heteroatoms. The summed E-state index contributed by atoms with van der Waals surface area (Å²) in [5.74, 6) is 0.807. The van der Waals surface area contributed by atoms with E-state index >= 15 is 0 Å². The summed E-state index contributed by atoms with van der Waals surface area (Å²) in [6.07, 6.45) is 0.0213. The third-order valence-electron chi connectivity index (χ3n) is 7.89. The van der Waals surface area contributed by atoms with Crippen molar-refractivity contribution in [2.75, 3.05) is 25.5 Å². The average molecular weight is 749 g/mol. The van der Waals surface area contributed by atoms with Gasteiger partial charge in [0.1, 0.15) is 16.4 Å². The second-order valence-electron chi connectivity index (χ2n) is 11.4. The summed E-state index contributed by atoms with van der Waals surface area (Å²) in [4.78, 5) is 13.9. The minimum Gasteiger partial charge on any atom is -0.506 e. The number of fused-ring (bicyclic) bond motifs is 1. The highest BCUT2D eigenvalue weighted by Crippen LogP contribution is 2.34. The van der Waals surface area contributed by atoms with Crippen LogP contribution in [-0.2, 0) is 16.5 Å². The number of rotatable bonds is 11. The van der Waals surface area contributed by atoms with Gasteiger partial charge < -0.3 is 30.6 Å². The second-order valence-corrected chi connectivity index (χ2v) is 13.6. The molecule has 0 spiro atoms. The third kappa shape index (κ3) is 9.89. The highest BCUT2D eigenvalue weighted by atomic mass is 35.5. The number of aromatic hydroxyl groups is 1. The predicted octanol–water partition coefficient (Wildman–Crippen LogP) is 7.76. The van der Waals surface area contributed by atoms with Gasteiger partial charge in [-0.15, -0.1) is 0 Å². The first-order valence-corrected chi connectivity index (χ1v) is 17.9. The fraction of sp³-hybridized carbons (Fsp3) is 0.132. The summed E-state index contributed by atoms with van der Waals surface area (Å²) < 4.78 is 35.4. The van der Waals surface area contributed by atoms with E-state index in [0.29, 0.717) is 29.6 Å². The monoisotopic (exact) mass is 747 g/mol. The quantitative estimate of drug-likeness (QED) is 0.0575. The van der Waals surface area contributed by atoms with E-state index in [2.05, 4.69) is 58.1 Å². The van der Waals surface area contributed by atoms with Gasteiger partial charge in [0.2, 0.25) is 5.56 Å². The summed E-state index contributed by atoms with van der Waals surface area (Å²) in [5.41, 5.74) is 5.95. The van der Waals surface area contributed by atoms with Crippen LogP contribution in [0.2, 0.25) is 10.0 Å². The van der Waals surface area contributed by atoms with Gasteiger partial charge in [-0.3, -0.25) is 9.35 Å². The Labute approximate surface area is 305 Å². The molecule has 0 amide bonds. The van der Waals surface area contributed by atoms with Crippen LogP contribution in [-0.4, -0.2) is 48.4 Å². The fourth-order valence-electron chi connectivity index (χ4n) is 5.36. The fourth-order valence-corrected chi connectivity index (χ4v) is 6.59. The number of halogens is 2. The van der Waals surface area contributed by atoms with E-state index in [4.69, 9.17) is 32.5 Å². The number of pyridine rings is 1. The Hall–Kier alpha value is -4.88. The molecule has 0 radical (unpaired) electrons. The van der Waals surface area contributed by atoms with Crippen LogP contribution >= 0.6 is 23.2 Å². The van der Waals surface area contributed by atoms with Crippen molar-refractivity contribution in [3.63, 3.8) is 0 Å². The number of aromatic amines is 1. The van der Waals surface area contributed by atoms with Gasteiger partial charge in [0.25, 0.3) is 10.1 Å². The van der Waals surface area contributed by atoms with Crippen LogP contribution in [0, 0.1) is 0 Å². The Morgan fingerprint density at radius 3 is 2.27 bits per heavy atom. The molecule has 0 aliphatic rings. The molecule has 51 heavy (non-hydrogen) atoms. The first kappa shape index (κ1) is 37.4. The molecule has 264 valence electrons. The molecule has 1 aromatic heterocycles. The van der Waals surface area contributed by atoms with Crippen LogP contribution in [0.4, 0.5) is 11.4 Å². The Morgan fingerprint density at radius 1 is 0.863 bits per heavy atom. The van der Waals surface area contributed by atoms with Crippen LogP contribution in [0.5, 0.6) is 11.5 Å². The molecule has 0 fully saturated rings. The summed E-state index contributed by atoms with van der Waals surface area (Å²) >= 11 is 11.0. The van der Waals surface area contributed by atoms with Crippen molar-refractivity contribution in [1.82, 2.24) is 10.3 Å². The van der Waals surface area contributed by atoms with E-state index in [0.717, 1.165) is 40.7 Å². The molecule has 1 atom stereocenters. The number of phenolic OH excluding ortho intramolecular Hbond substituents is 1. The lowest BCUT2D eigenvalue weighted by Crippen LogP contribution is -2.24. The number of hydrogen-bond acceptors (Lipinski definition) is 8. The Kier molecular flexibility index (Phi) is 12.4. The number of benzene rings is 5. The SMILES string of the molecule is COc1ccc(Nc2ccc(CCNCC(O)c3ccc(O)c4[nH]c(=O)ccc34)cc2)cc1-c1ccccc1.O=S(=O)(O)c1cc(Cl)ccc1Cl. The zero-order valence-corrected chi connectivity index (χ0v) is 29.6. The van der Waals surface area contributed by atoms with Crippen molar-refractivity contribution >= 4 is 55.6 Å². The lowest BCUT2D eigenvalue weighted by atomic mass is 10.0. The molecule has 6 rings (SSSR count). The smallest absolute Gasteiger partial charge is 0.296 e. The number of hydrogen-bond donors (Lipinski definition) is 6. The summed E-state index contributed by atoms with van der Waals surface area (Å²) in [6, 6.07) is 34.5. The average Bonchev–Trinajstić information content (AvgIpc) is 3.12. The van der Waals surface area contributed by atoms with E-state index in [1.807, 2.05) is 30.3 Å². The van der Waals surface area contributed by atoms with Crippen LogP contribution < -0.4 is 20.9 Å². The standard InChI is InChI=1S/C32H31N3O4.C6H4Cl2O3S/c1-39-30-15-11-24(19-27(30)22-5-3-2-4-6-22)34-23-9-7-21(8-10-23)17-18-33-20-29(37)25-12-14-28(36)32-26(25)13-16-31(38)35-32;7-4-1-2-5(8)6(3-4)12(9,10)11/h2-16,19,29,33-34,36-37H,17-18,20H2,1H3,(H,35,38);1-3H,(H,9,10,11). The Balaban J connectivity index is 0.000000357. The number of phenols is 1. The number of aliphatic hydroxyl groups excluding tert-OH is 1. The first-order chi connectivity index (χ1) is 24.4. The number of ether oxygens (including phenoxy) is 1. The molecule has 0 aliphatic heterocycles. The summed E-state index contributed by atoms with van der Waals surface area (Å²) in [5, 5.41) is 28.3. The molecule has 1 heterocycles. The maximum Gasteiger partial charge on any atom is 0.296 e. The van der Waals surface area contributed by atoms with Gasteiger partial charge in [-0.25, -0.2) is 0 Å². The van der Waals surface area contributed by atoms with Crippen LogP contribution in [0.25, 0.3) is 22.0 Å². The second kappa shape index (κ2) is 16.9. The maximum atomic E-state index is 11.6. The normalized spacial score (nSPS) is 11.8. The van der Waals surface area contributed by atoms with Crippen molar-refractivity contribution in [1.29, 1.82) is 0 Å². The van der Waals surface area contributed by atoms with Gasteiger partial charge in [0.15, 0.2) is 0 Å². The van der Waals surface area contributed by atoms with E-state index in [-0.39, 0.29) is 26.2 Å². The van der Waals surface area contributed by atoms with Crippen LogP contribution in [0.3, 0.4) is 0 Å². The van der Waals surface area contributed by atoms with Gasteiger partial charge in [-0.05, 0) is 90.3 Å². The largest absolute Gasteiger partial charge is 0.506 e. The summed E-state index contributed by atoms with van der Waals surface area (Å²) in [7, 11) is -2.59. The van der Waals surface area contributed by atoms with E-state index in [9.17, 15) is 23.4 Å². The van der Waals surface area contributed by atoms with Crippen LogP contribution in [0.1, 0.15) is 17.2 Å². The molecular formula is C38H35Cl2N3O7S. The van der Waals surface area contributed by atoms with Crippen molar-refractivity contribution in [2.24, 2.45) is 0 Å². The molecule has 6 aromatic rings. The highest BCUT2D eigenvalue weighted by molar-refractivity contribution is 7.86. The molecule has 1 unspecified atom stereocenters. The Morgan fingerprint density at radius 2 is 1.59 bits per heavy atom. The molecule has 0 bridgehead atoms. The number of methoxy groups -OCH3 is 1. The molecule has 5 aromatic carbocycles. The van der Waals surface area contributed by atoms with E-state index in [1.54, 1.807) is 19.2 Å². The molecule has 6 N–H and O–H groups in total. The van der Waals surface area contributed by atoms with Gasteiger partial charge in [0.05, 0.1) is 23.8 Å². The van der Waals surface area contributed by atoms with E-state index < -0.39 is 16.2 Å². The minimum atomic E-state index is -4.27. The zero-order valence-electron chi connectivity index (χ0n) is 27.3. The lowest BCUT2D eigenvalue weighted by molar-refractivity contribution is 0.176. The molecule has 10 nitrogen and oxygen atoms in total. The van der Waals surface area contributed by atoms with Crippen molar-refractivity contribution < 1.29 is 27.9 Å². The number of anilines is 2. The number of nitrogens with one attached hydrogen (secondary N) is 3. The molecule has 0 aliphatic carbocycles. The molecule has 0 saturated carbocycles. The summed E-state index contributed by atoms with van der Waals surface area (Å²) in [6.45, 7) is 1.04. The molecular weight excluding hydrogens is 713 g/mol. The van der Waals surface area contributed by atoms with Gasteiger partial charge in [-0.2, -0.15) is 8.42 Å². The van der Waals surface area contributed by atoms with Crippen LogP contribution in [0.15, 0.2) is 125 Å². The maximum absolute atomic E-state index is 11.6. The molecule has 0 saturated heterocycles. The van der Waals surface area contributed by atoms with E-state index in [1.165, 1.54) is 29.8 Å². The first-order valence-electron chi connectivity index (χ1n) is 15.7. The van der Waals surface area contributed by atoms with Gasteiger partial charge in [-0.1, -0.05) is 71.7 Å².